The molecule has 0 saturated carbocycles. The molecule has 94 valence electrons. The third-order valence-electron chi connectivity index (χ3n) is 2.91. The third-order valence-corrected chi connectivity index (χ3v) is 2.91. The largest absolute Gasteiger partial charge is 0.317 e. The van der Waals surface area contributed by atoms with E-state index in [0.29, 0.717) is 0 Å². The van der Waals surface area contributed by atoms with Crippen molar-refractivity contribution in [2.75, 3.05) is 13.1 Å². The van der Waals surface area contributed by atoms with E-state index in [2.05, 4.69) is 5.32 Å². The number of benzene rings is 1. The molecular weight excluding hydrogens is 248 g/mol. The highest BCUT2D eigenvalue weighted by Gasteiger charge is 2.24. The van der Waals surface area contributed by atoms with Crippen LogP contribution in [0.1, 0.15) is 23.2 Å². The van der Waals surface area contributed by atoms with Gasteiger partial charge in [-0.15, -0.1) is 12.4 Å². The number of halogens is 3. The molecule has 2 rings (SSSR count). The molecule has 1 aliphatic heterocycles. The Balaban J connectivity index is 0.00000144. The molecule has 2 nitrogen and oxygen atoms in total. The van der Waals surface area contributed by atoms with Crippen LogP contribution in [0.25, 0.3) is 0 Å². The second-order valence-electron chi connectivity index (χ2n) is 4.01. The molecule has 0 unspecified atom stereocenters. The van der Waals surface area contributed by atoms with Crippen molar-refractivity contribution in [1.29, 1.82) is 0 Å². The van der Waals surface area contributed by atoms with Crippen LogP contribution in [0.4, 0.5) is 8.78 Å². The van der Waals surface area contributed by atoms with Crippen LogP contribution < -0.4 is 5.32 Å². The maximum Gasteiger partial charge on any atom is 0.168 e. The second kappa shape index (κ2) is 6.07. The zero-order valence-corrected chi connectivity index (χ0v) is 10.0. The molecule has 0 aromatic heterocycles. The Bertz CT molecular complexity index is 405. The normalized spacial score (nSPS) is 16.4. The van der Waals surface area contributed by atoms with Crippen LogP contribution in [0.3, 0.4) is 0 Å². The summed E-state index contributed by atoms with van der Waals surface area (Å²) >= 11 is 0. The number of hydrogen-bond acceptors (Lipinski definition) is 2. The first-order valence-electron chi connectivity index (χ1n) is 5.38. The molecule has 1 saturated heterocycles. The van der Waals surface area contributed by atoms with Gasteiger partial charge in [-0.05, 0) is 38.1 Å². The second-order valence-corrected chi connectivity index (χ2v) is 4.01. The predicted molar refractivity (Wildman–Crippen MR) is 63.5 cm³/mol. The van der Waals surface area contributed by atoms with E-state index in [1.807, 2.05) is 0 Å². The quantitative estimate of drug-likeness (QED) is 0.829. The van der Waals surface area contributed by atoms with Crippen molar-refractivity contribution in [3.63, 3.8) is 0 Å². The lowest BCUT2D eigenvalue weighted by Gasteiger charge is -2.21. The molecule has 1 N–H and O–H groups in total. The van der Waals surface area contributed by atoms with Gasteiger partial charge in [-0.25, -0.2) is 8.78 Å². The molecule has 1 aromatic carbocycles. The molecular formula is C12H14ClF2NO. The Morgan fingerprint density at radius 1 is 1.24 bits per heavy atom. The molecule has 17 heavy (non-hydrogen) atoms. The van der Waals surface area contributed by atoms with E-state index in [4.69, 9.17) is 0 Å². The average Bonchev–Trinajstić information content (AvgIpc) is 2.29. The van der Waals surface area contributed by atoms with Gasteiger partial charge in [0, 0.05) is 12.0 Å². The maximum absolute atomic E-state index is 13.4. The Hall–Kier alpha value is -1.00. The summed E-state index contributed by atoms with van der Waals surface area (Å²) in [7, 11) is 0. The van der Waals surface area contributed by atoms with E-state index >= 15 is 0 Å². The molecule has 1 aliphatic rings. The van der Waals surface area contributed by atoms with Gasteiger partial charge in [0.25, 0.3) is 0 Å². The van der Waals surface area contributed by atoms with Crippen molar-refractivity contribution in [3.05, 3.63) is 35.4 Å². The van der Waals surface area contributed by atoms with E-state index in [9.17, 15) is 13.6 Å². The lowest BCUT2D eigenvalue weighted by atomic mass is 9.89. The number of rotatable bonds is 2. The lowest BCUT2D eigenvalue weighted by Crippen LogP contribution is -2.32. The van der Waals surface area contributed by atoms with Gasteiger partial charge >= 0.3 is 0 Å². The average molecular weight is 262 g/mol. The minimum atomic E-state index is -0.761. The Morgan fingerprint density at radius 2 is 1.88 bits per heavy atom. The minimum Gasteiger partial charge on any atom is -0.317 e. The molecule has 0 atom stereocenters. The van der Waals surface area contributed by atoms with Crippen molar-refractivity contribution in [2.45, 2.75) is 12.8 Å². The number of carbonyl (C=O) groups excluding carboxylic acids is 1. The predicted octanol–water partition coefficient (Wildman–Crippen LogP) is 2.57. The van der Waals surface area contributed by atoms with Gasteiger partial charge in [0.2, 0.25) is 0 Å². The number of nitrogens with one attached hydrogen (secondary N) is 1. The van der Waals surface area contributed by atoms with Gasteiger partial charge < -0.3 is 5.32 Å². The number of Topliss-reactive ketones (excluding diaryl/α,β-unsaturated/α-hetero) is 1. The van der Waals surface area contributed by atoms with E-state index < -0.39 is 11.6 Å². The van der Waals surface area contributed by atoms with Gasteiger partial charge in [0.05, 0.1) is 5.56 Å². The lowest BCUT2D eigenvalue weighted by molar-refractivity contribution is 0.0891. The number of hydrogen-bond donors (Lipinski definition) is 1. The summed E-state index contributed by atoms with van der Waals surface area (Å²) in [5.41, 5.74) is 0.00769. The summed E-state index contributed by atoms with van der Waals surface area (Å²) in [5, 5.41) is 3.14. The smallest absolute Gasteiger partial charge is 0.168 e. The van der Waals surface area contributed by atoms with Crippen molar-refractivity contribution in [3.8, 4) is 0 Å². The van der Waals surface area contributed by atoms with Crippen LogP contribution in [0.15, 0.2) is 18.2 Å². The van der Waals surface area contributed by atoms with Gasteiger partial charge in [0.15, 0.2) is 5.78 Å². The SMILES string of the molecule is Cl.O=C(c1ccc(F)cc1F)C1CCNCC1. The Morgan fingerprint density at radius 3 is 2.47 bits per heavy atom. The van der Waals surface area contributed by atoms with Crippen LogP contribution in [-0.4, -0.2) is 18.9 Å². The number of piperidine rings is 1. The molecule has 0 bridgehead atoms. The van der Waals surface area contributed by atoms with Crippen molar-refractivity contribution < 1.29 is 13.6 Å². The van der Waals surface area contributed by atoms with Crippen LogP contribution in [0, 0.1) is 17.6 Å². The molecule has 1 aromatic rings. The first kappa shape index (κ1) is 14.1. The Kier molecular flexibility index (Phi) is 5.02. The van der Waals surface area contributed by atoms with Crippen LogP contribution in [0.2, 0.25) is 0 Å². The summed E-state index contributed by atoms with van der Waals surface area (Å²) in [6, 6.07) is 3.11. The summed E-state index contributed by atoms with van der Waals surface area (Å²) < 4.78 is 26.1. The van der Waals surface area contributed by atoms with Crippen LogP contribution in [0.5, 0.6) is 0 Å². The summed E-state index contributed by atoms with van der Waals surface area (Å²) in [6.45, 7) is 1.55. The highest BCUT2D eigenvalue weighted by atomic mass is 35.5. The van der Waals surface area contributed by atoms with Crippen molar-refractivity contribution in [1.82, 2.24) is 5.32 Å². The molecule has 0 amide bonds. The molecule has 0 aliphatic carbocycles. The highest BCUT2D eigenvalue weighted by Crippen LogP contribution is 2.20. The van der Waals surface area contributed by atoms with E-state index in [0.717, 1.165) is 38.1 Å². The summed E-state index contributed by atoms with van der Waals surface area (Å²) in [6.07, 6.45) is 1.44. The highest BCUT2D eigenvalue weighted by molar-refractivity contribution is 5.98. The molecule has 0 radical (unpaired) electrons. The van der Waals surface area contributed by atoms with Crippen molar-refractivity contribution >= 4 is 18.2 Å². The standard InChI is InChI=1S/C12H13F2NO.ClH/c13-9-1-2-10(11(14)7-9)12(16)8-3-5-15-6-4-8;/h1-2,7-8,15H,3-6H2;1H. The zero-order chi connectivity index (χ0) is 11.5. The topological polar surface area (TPSA) is 29.1 Å². The van der Waals surface area contributed by atoms with Gasteiger partial charge in [-0.3, -0.25) is 4.79 Å². The molecule has 1 heterocycles. The van der Waals surface area contributed by atoms with Gasteiger partial charge in [-0.1, -0.05) is 0 Å². The van der Waals surface area contributed by atoms with E-state index in [-0.39, 0.29) is 29.7 Å². The first-order chi connectivity index (χ1) is 7.68. The minimum absolute atomic E-state index is 0. The Labute approximate surface area is 105 Å². The fourth-order valence-electron chi connectivity index (χ4n) is 1.99. The number of ketones is 1. The summed E-state index contributed by atoms with van der Waals surface area (Å²) in [5.74, 6) is -1.76. The van der Waals surface area contributed by atoms with Crippen LogP contribution in [-0.2, 0) is 0 Å². The monoisotopic (exact) mass is 261 g/mol. The number of carbonyl (C=O) groups is 1. The van der Waals surface area contributed by atoms with E-state index in [1.165, 1.54) is 6.07 Å². The summed E-state index contributed by atoms with van der Waals surface area (Å²) in [4.78, 5) is 11.9. The fraction of sp³-hybridized carbons (Fsp3) is 0.417. The molecule has 0 spiro atoms. The van der Waals surface area contributed by atoms with E-state index in [1.54, 1.807) is 0 Å². The molecule has 5 heteroatoms. The molecule has 1 fully saturated rings. The maximum atomic E-state index is 13.4. The van der Waals surface area contributed by atoms with Gasteiger partial charge in [-0.2, -0.15) is 0 Å². The fourth-order valence-corrected chi connectivity index (χ4v) is 1.99. The van der Waals surface area contributed by atoms with Crippen LogP contribution >= 0.6 is 12.4 Å². The van der Waals surface area contributed by atoms with Gasteiger partial charge in [0.1, 0.15) is 11.6 Å². The first-order valence-corrected chi connectivity index (χ1v) is 5.38. The van der Waals surface area contributed by atoms with Crippen molar-refractivity contribution in [2.24, 2.45) is 5.92 Å². The third kappa shape index (κ3) is 3.23. The zero-order valence-electron chi connectivity index (χ0n) is 9.21.